The van der Waals surface area contributed by atoms with Gasteiger partial charge >= 0.3 is 23.0 Å². The summed E-state index contributed by atoms with van der Waals surface area (Å²) >= 11 is 0. The molecule has 0 amide bonds. The zero-order valence-corrected chi connectivity index (χ0v) is 30.1. The van der Waals surface area contributed by atoms with Gasteiger partial charge in [-0.1, -0.05) is 118 Å². The van der Waals surface area contributed by atoms with E-state index in [2.05, 4.69) is 61.0 Å². The number of esters is 1. The first-order chi connectivity index (χ1) is 23.2. The second kappa shape index (κ2) is 19.8. The van der Waals surface area contributed by atoms with Crippen LogP contribution in [0.3, 0.4) is 0 Å². The summed E-state index contributed by atoms with van der Waals surface area (Å²) < 4.78 is 6.65. The average Bonchev–Trinajstić information content (AvgIpc) is 3.85. The molecule has 3 nitrogen and oxygen atoms in total. The van der Waals surface area contributed by atoms with Gasteiger partial charge in [-0.25, -0.2) is 0 Å². The summed E-state index contributed by atoms with van der Waals surface area (Å²) in [4.78, 5) is 14.2. The molecule has 48 heavy (non-hydrogen) atoms. The molecule has 0 unspecified atom stereocenters. The third kappa shape index (κ3) is 10.5. The van der Waals surface area contributed by atoms with Crippen molar-refractivity contribution in [1.82, 2.24) is 0 Å². The van der Waals surface area contributed by atoms with E-state index in [1.165, 1.54) is 80.4 Å². The van der Waals surface area contributed by atoms with E-state index >= 15 is 0 Å². The molecule has 7 rings (SSSR count). The van der Waals surface area contributed by atoms with Gasteiger partial charge in [-0.05, 0) is 119 Å². The van der Waals surface area contributed by atoms with Crippen LogP contribution in [0.4, 0.5) is 0 Å². The molecule has 5 aliphatic carbocycles. The number of benzene rings is 2. The predicted molar refractivity (Wildman–Crippen MR) is 194 cm³/mol. The molecule has 0 saturated heterocycles. The Morgan fingerprint density at radius 3 is 1.90 bits per heavy atom. The molecule has 5 heteroatoms. The number of rotatable bonds is 8. The van der Waals surface area contributed by atoms with Crippen LogP contribution in [0.15, 0.2) is 72.3 Å². The van der Waals surface area contributed by atoms with E-state index in [-0.39, 0.29) is 41.2 Å². The summed E-state index contributed by atoms with van der Waals surface area (Å²) in [6.07, 6.45) is 33.0. The zero-order valence-electron chi connectivity index (χ0n) is 28.1. The fourth-order valence-corrected chi connectivity index (χ4v) is 10.6. The third-order valence-electron chi connectivity index (χ3n) is 10.4. The van der Waals surface area contributed by atoms with Gasteiger partial charge in [0.05, 0.1) is 6.10 Å². The van der Waals surface area contributed by atoms with Crippen LogP contribution in [-0.4, -0.2) is 23.3 Å². The minimum Gasteiger partial charge on any atom is -0.457 e. The van der Waals surface area contributed by atoms with E-state index in [9.17, 15) is 9.90 Å². The molecule has 5 aliphatic rings. The Morgan fingerprint density at radius 2 is 1.31 bits per heavy atom. The zero-order chi connectivity index (χ0) is 32.3. The summed E-state index contributed by atoms with van der Waals surface area (Å²) in [5.41, 5.74) is 2.24. The second-order valence-electron chi connectivity index (χ2n) is 13.9. The monoisotopic (exact) mass is 702 g/mol. The van der Waals surface area contributed by atoms with Gasteiger partial charge in [0.15, 0.2) is 0 Å². The Kier molecular flexibility index (Phi) is 15.6. The molecule has 0 aromatic heterocycles. The van der Waals surface area contributed by atoms with Crippen LogP contribution < -0.4 is 10.6 Å². The van der Waals surface area contributed by atoms with Crippen molar-refractivity contribution in [3.63, 3.8) is 0 Å². The molecule has 252 valence electrons. The molecule has 5 fully saturated rings. The Labute approximate surface area is 303 Å². The molecular formula is C43H51FeO3P+2. The fourth-order valence-electron chi connectivity index (χ4n) is 8.12. The van der Waals surface area contributed by atoms with Gasteiger partial charge in [-0.2, -0.15) is 0 Å². The first-order valence-corrected chi connectivity index (χ1v) is 19.4. The van der Waals surface area contributed by atoms with Gasteiger partial charge in [-0.15, -0.1) is 0 Å². The average molecular weight is 703 g/mol. The molecule has 2 aromatic rings. The van der Waals surface area contributed by atoms with E-state index in [0.29, 0.717) is 24.2 Å². The number of ether oxygens (including phenoxy) is 1. The van der Waals surface area contributed by atoms with Crippen LogP contribution in [0.2, 0.25) is 0 Å². The van der Waals surface area contributed by atoms with Crippen molar-refractivity contribution >= 4 is 24.5 Å². The Bertz CT molecular complexity index is 1190. The maximum Gasteiger partial charge on any atom is 2.00 e. The van der Waals surface area contributed by atoms with Gasteiger partial charge in [-0.3, -0.25) is 4.79 Å². The maximum absolute atomic E-state index is 14.2. The minimum atomic E-state index is -0.898. The molecule has 0 spiro atoms. The number of aliphatic hydroxyl groups excluding tert-OH is 1. The number of hydrogen-bond acceptors (Lipinski definition) is 3. The van der Waals surface area contributed by atoms with Crippen molar-refractivity contribution < 1.29 is 31.7 Å². The fraction of sp³-hybridized carbons (Fsp3) is 0.419. The van der Waals surface area contributed by atoms with Crippen molar-refractivity contribution in [2.24, 2.45) is 17.8 Å². The van der Waals surface area contributed by atoms with E-state index in [1.54, 1.807) is 0 Å². The van der Waals surface area contributed by atoms with E-state index in [0.717, 1.165) is 18.5 Å². The minimum absolute atomic E-state index is 0. The molecule has 3 atom stereocenters. The van der Waals surface area contributed by atoms with E-state index in [1.807, 2.05) is 57.1 Å². The molecule has 10 radical (unpaired) electrons. The maximum atomic E-state index is 14.2. The number of carbonyl (C=O) groups excluding carboxylic acids is 1. The van der Waals surface area contributed by atoms with Crippen molar-refractivity contribution in [3.05, 3.63) is 135 Å². The Balaban J connectivity index is 0.000000689. The smallest absolute Gasteiger partial charge is 0.457 e. The third-order valence-corrected chi connectivity index (χ3v) is 12.9. The van der Waals surface area contributed by atoms with Gasteiger partial charge in [0.1, 0.15) is 12.0 Å². The molecular weight excluding hydrogens is 651 g/mol. The van der Waals surface area contributed by atoms with Crippen molar-refractivity contribution in [3.8, 4) is 0 Å². The van der Waals surface area contributed by atoms with Gasteiger partial charge in [0.25, 0.3) is 0 Å². The van der Waals surface area contributed by atoms with Gasteiger partial charge < -0.3 is 9.84 Å². The van der Waals surface area contributed by atoms with E-state index in [4.69, 9.17) is 4.74 Å². The summed E-state index contributed by atoms with van der Waals surface area (Å²) in [7, 11) is -0.898. The molecule has 5 saturated carbocycles. The van der Waals surface area contributed by atoms with Gasteiger partial charge in [0.2, 0.25) is 0 Å². The normalized spacial score (nSPS) is 27.0. The molecule has 1 N–H and O–H groups in total. The standard InChI is InChI=1S/C38H46O3P.C5H5.Fe/c39-32-26-30(24-28-14-5-1-6-15-28)37(31(27-32)25-29-16-7-2-8-17-29)41-38(40)35-22-13-23-36(35)42(33-18-9-3-10-19-33)34-20-11-4-12-21-34;1-2-4-5-3-1;/h3-4,9-13,18-24,28-29,31-32,37,39H,1-2,5-8,14-17,25-27H2;1-5H;/q;;+2/b30-24+;;/t31-,32+,37-;;/m0../s1. The summed E-state index contributed by atoms with van der Waals surface area (Å²) in [6.45, 7) is 0. The van der Waals surface area contributed by atoms with Crippen LogP contribution in [0, 0.1) is 80.7 Å². The first-order valence-electron chi connectivity index (χ1n) is 18.1. The summed E-state index contributed by atoms with van der Waals surface area (Å²) in [5, 5.41) is 13.5. The van der Waals surface area contributed by atoms with Gasteiger partial charge in [0, 0.05) is 11.6 Å². The topological polar surface area (TPSA) is 46.5 Å². The summed E-state index contributed by atoms with van der Waals surface area (Å²) in [6, 6.07) is 21.1. The van der Waals surface area contributed by atoms with Crippen LogP contribution in [0.25, 0.3) is 0 Å². The molecule has 0 heterocycles. The SMILES string of the molecule is O=C(O[C@H]1/C(=C/C2CCCCC2)C[C@@H](O)C[C@@H]1CC1CCCCC1)[C]1[CH][CH][CH][C]1P(c1ccccc1)c1ccccc1.[CH]1[CH][CH][CH][CH]1.[Fe+2]. The van der Waals surface area contributed by atoms with Crippen molar-refractivity contribution in [2.45, 2.75) is 95.7 Å². The largest absolute Gasteiger partial charge is 2.00 e. The quantitative estimate of drug-likeness (QED) is 0.129. The number of allylic oxidation sites excluding steroid dienone is 1. The first kappa shape index (κ1) is 37.8. The summed E-state index contributed by atoms with van der Waals surface area (Å²) in [5.74, 6) is 1.87. The van der Waals surface area contributed by atoms with Crippen LogP contribution in [0.1, 0.15) is 83.5 Å². The Morgan fingerprint density at radius 1 is 0.750 bits per heavy atom. The molecule has 2 aromatic carbocycles. The number of hydrogen-bond donors (Lipinski definition) is 1. The molecule has 0 aliphatic heterocycles. The van der Waals surface area contributed by atoms with Crippen LogP contribution in [-0.2, 0) is 26.6 Å². The predicted octanol–water partition coefficient (Wildman–Crippen LogP) is 9.03. The number of carbonyl (C=O) groups is 1. The van der Waals surface area contributed by atoms with Crippen LogP contribution in [0.5, 0.6) is 0 Å². The van der Waals surface area contributed by atoms with Crippen molar-refractivity contribution in [1.29, 1.82) is 0 Å². The van der Waals surface area contributed by atoms with Crippen LogP contribution >= 0.6 is 7.92 Å². The van der Waals surface area contributed by atoms with E-state index < -0.39 is 7.92 Å². The molecule has 0 bridgehead atoms. The van der Waals surface area contributed by atoms with Crippen molar-refractivity contribution in [2.75, 3.05) is 0 Å². The Hall–Kier alpha value is -1.44. The number of aliphatic hydroxyl groups is 1. The second-order valence-corrected chi connectivity index (χ2v) is 16.0.